The summed E-state index contributed by atoms with van der Waals surface area (Å²) in [5.41, 5.74) is 4.66. The number of allylic oxidation sites excluding steroid dienone is 7. The molecule has 0 bridgehead atoms. The molecule has 0 amide bonds. The van der Waals surface area contributed by atoms with E-state index in [0.29, 0.717) is 6.42 Å². The maximum Gasteiger partial charge on any atom is 0.160 e. The molecule has 0 unspecified atom stereocenters. The molecule has 0 fully saturated rings. The van der Waals surface area contributed by atoms with Crippen molar-refractivity contribution in [2.45, 2.75) is 6.42 Å². The molecule has 0 saturated heterocycles. The van der Waals surface area contributed by atoms with E-state index in [1.807, 2.05) is 36.4 Å². The van der Waals surface area contributed by atoms with Crippen LogP contribution in [0.3, 0.4) is 0 Å². The largest absolute Gasteiger partial charge is 0.294 e. The molecule has 17 heavy (non-hydrogen) atoms. The van der Waals surface area contributed by atoms with Crippen molar-refractivity contribution in [2.24, 2.45) is 0 Å². The summed E-state index contributed by atoms with van der Waals surface area (Å²) in [6.45, 7) is 0. The average molecular weight is 220 g/mol. The second-order valence-electron chi connectivity index (χ2n) is 4.22. The van der Waals surface area contributed by atoms with Crippen molar-refractivity contribution in [2.75, 3.05) is 0 Å². The first-order chi connectivity index (χ1) is 8.34. The highest BCUT2D eigenvalue weighted by molar-refractivity contribution is 5.99. The Hall–Kier alpha value is -2.15. The van der Waals surface area contributed by atoms with Crippen LogP contribution in [0.15, 0.2) is 60.2 Å². The van der Waals surface area contributed by atoms with Gasteiger partial charge in [0.2, 0.25) is 0 Å². The summed E-state index contributed by atoms with van der Waals surface area (Å²) in [5, 5.41) is 0. The molecule has 0 saturated carbocycles. The van der Waals surface area contributed by atoms with Gasteiger partial charge < -0.3 is 0 Å². The van der Waals surface area contributed by atoms with Crippen LogP contribution < -0.4 is 0 Å². The lowest BCUT2D eigenvalue weighted by atomic mass is 9.93. The van der Waals surface area contributed by atoms with Crippen LogP contribution in [0.4, 0.5) is 0 Å². The van der Waals surface area contributed by atoms with Gasteiger partial charge in [0, 0.05) is 6.42 Å². The summed E-state index contributed by atoms with van der Waals surface area (Å²) in [6.07, 6.45) is 12.2. The Labute approximate surface area is 100 Å². The molecular formula is C16H12O. The first-order valence-electron chi connectivity index (χ1n) is 5.73. The third-order valence-corrected chi connectivity index (χ3v) is 3.08. The number of ketones is 1. The third kappa shape index (κ3) is 1.80. The van der Waals surface area contributed by atoms with Crippen LogP contribution in [0.5, 0.6) is 0 Å². The Morgan fingerprint density at radius 1 is 0.941 bits per heavy atom. The zero-order chi connectivity index (χ0) is 11.7. The Morgan fingerprint density at radius 3 is 2.71 bits per heavy atom. The fourth-order valence-electron chi connectivity index (χ4n) is 2.27. The quantitative estimate of drug-likeness (QED) is 0.653. The molecule has 1 heteroatoms. The molecule has 3 rings (SSSR count). The molecule has 0 atom stereocenters. The molecule has 0 heterocycles. The molecule has 0 spiro atoms. The lowest BCUT2D eigenvalue weighted by molar-refractivity contribution is -0.113. The van der Waals surface area contributed by atoms with E-state index in [2.05, 4.69) is 18.2 Å². The van der Waals surface area contributed by atoms with Gasteiger partial charge in [-0.3, -0.25) is 4.79 Å². The van der Waals surface area contributed by atoms with Crippen LogP contribution in [0.2, 0.25) is 0 Å². The van der Waals surface area contributed by atoms with E-state index in [-0.39, 0.29) is 5.78 Å². The SMILES string of the molecule is O=C1C=CC=C2C(=CC=Cc3ccccc32)C1. The van der Waals surface area contributed by atoms with E-state index in [4.69, 9.17) is 0 Å². The van der Waals surface area contributed by atoms with Crippen molar-refractivity contribution in [3.05, 3.63) is 71.3 Å². The van der Waals surface area contributed by atoms with Crippen molar-refractivity contribution in [1.82, 2.24) is 0 Å². The highest BCUT2D eigenvalue weighted by atomic mass is 16.1. The van der Waals surface area contributed by atoms with Crippen molar-refractivity contribution < 1.29 is 4.79 Å². The minimum Gasteiger partial charge on any atom is -0.294 e. The first kappa shape index (κ1) is 10.0. The highest BCUT2D eigenvalue weighted by Crippen LogP contribution is 2.32. The van der Waals surface area contributed by atoms with Crippen molar-refractivity contribution in [3.63, 3.8) is 0 Å². The second-order valence-corrected chi connectivity index (χ2v) is 4.22. The predicted octanol–water partition coefficient (Wildman–Crippen LogP) is 3.55. The van der Waals surface area contributed by atoms with Gasteiger partial charge in [0.15, 0.2) is 5.78 Å². The number of hydrogen-bond donors (Lipinski definition) is 0. The lowest BCUT2D eigenvalue weighted by Crippen LogP contribution is -1.96. The summed E-state index contributed by atoms with van der Waals surface area (Å²) in [6, 6.07) is 8.27. The minimum absolute atomic E-state index is 0.162. The average Bonchev–Trinajstić information content (AvgIpc) is 2.60. The summed E-state index contributed by atoms with van der Waals surface area (Å²) >= 11 is 0. The summed E-state index contributed by atoms with van der Waals surface area (Å²) < 4.78 is 0. The smallest absolute Gasteiger partial charge is 0.160 e. The molecule has 1 aromatic rings. The third-order valence-electron chi connectivity index (χ3n) is 3.08. The molecule has 0 radical (unpaired) electrons. The standard InChI is InChI=1S/C16H12O/c17-14-8-4-10-16-13(11-14)7-3-6-12-5-1-2-9-15(12)16/h1-10H,11H2. The second kappa shape index (κ2) is 4.02. The number of carbonyl (C=O) groups excluding carboxylic acids is 1. The molecule has 0 aromatic heterocycles. The Balaban J connectivity index is 2.20. The van der Waals surface area contributed by atoms with Crippen LogP contribution in [0.1, 0.15) is 17.5 Å². The molecule has 82 valence electrons. The van der Waals surface area contributed by atoms with Gasteiger partial charge in [-0.1, -0.05) is 54.6 Å². The normalized spacial score (nSPS) is 17.5. The van der Waals surface area contributed by atoms with E-state index < -0.39 is 0 Å². The Bertz CT molecular complexity index is 598. The molecule has 1 aromatic carbocycles. The van der Waals surface area contributed by atoms with Gasteiger partial charge >= 0.3 is 0 Å². The summed E-state index contributed by atoms with van der Waals surface area (Å²) in [5.74, 6) is 0.162. The van der Waals surface area contributed by atoms with Gasteiger partial charge in [-0.2, -0.15) is 0 Å². The van der Waals surface area contributed by atoms with Crippen LogP contribution in [-0.4, -0.2) is 5.78 Å². The van der Waals surface area contributed by atoms with Gasteiger partial charge in [-0.15, -0.1) is 0 Å². The van der Waals surface area contributed by atoms with Crippen molar-refractivity contribution in [3.8, 4) is 0 Å². The van der Waals surface area contributed by atoms with Crippen LogP contribution in [0.25, 0.3) is 11.6 Å². The Morgan fingerprint density at radius 2 is 1.76 bits per heavy atom. The Kier molecular flexibility index (Phi) is 2.37. The molecule has 2 aliphatic rings. The molecular weight excluding hydrogens is 208 g/mol. The fraction of sp³-hybridized carbons (Fsp3) is 0.0625. The summed E-state index contributed by atoms with van der Waals surface area (Å²) in [4.78, 5) is 11.6. The van der Waals surface area contributed by atoms with Gasteiger partial charge in [-0.25, -0.2) is 0 Å². The number of rotatable bonds is 0. The van der Waals surface area contributed by atoms with Crippen molar-refractivity contribution in [1.29, 1.82) is 0 Å². The van der Waals surface area contributed by atoms with E-state index in [1.165, 1.54) is 11.1 Å². The molecule has 0 aliphatic heterocycles. The maximum atomic E-state index is 11.6. The van der Waals surface area contributed by atoms with Crippen LogP contribution in [-0.2, 0) is 4.79 Å². The van der Waals surface area contributed by atoms with Gasteiger partial charge in [0.25, 0.3) is 0 Å². The number of fused-ring (bicyclic) bond motifs is 3. The van der Waals surface area contributed by atoms with Crippen molar-refractivity contribution >= 4 is 17.4 Å². The number of hydrogen-bond acceptors (Lipinski definition) is 1. The minimum atomic E-state index is 0.162. The van der Waals surface area contributed by atoms with Crippen LogP contribution in [0, 0.1) is 0 Å². The lowest BCUT2D eigenvalue weighted by Gasteiger charge is -2.10. The van der Waals surface area contributed by atoms with E-state index in [9.17, 15) is 4.79 Å². The van der Waals surface area contributed by atoms with Crippen LogP contribution >= 0.6 is 0 Å². The first-order valence-corrected chi connectivity index (χ1v) is 5.73. The monoisotopic (exact) mass is 220 g/mol. The number of carbonyl (C=O) groups is 1. The topological polar surface area (TPSA) is 17.1 Å². The molecule has 2 aliphatic carbocycles. The van der Waals surface area contributed by atoms with Gasteiger partial charge in [0.05, 0.1) is 0 Å². The van der Waals surface area contributed by atoms with E-state index in [1.54, 1.807) is 6.08 Å². The zero-order valence-corrected chi connectivity index (χ0v) is 9.39. The number of benzene rings is 1. The predicted molar refractivity (Wildman–Crippen MR) is 70.3 cm³/mol. The fourth-order valence-corrected chi connectivity index (χ4v) is 2.27. The zero-order valence-electron chi connectivity index (χ0n) is 9.39. The molecule has 1 nitrogen and oxygen atoms in total. The molecule has 0 N–H and O–H groups in total. The van der Waals surface area contributed by atoms with Gasteiger partial charge in [0.1, 0.15) is 0 Å². The van der Waals surface area contributed by atoms with Gasteiger partial charge in [-0.05, 0) is 28.3 Å². The van der Waals surface area contributed by atoms with E-state index >= 15 is 0 Å². The maximum absolute atomic E-state index is 11.6. The highest BCUT2D eigenvalue weighted by Gasteiger charge is 2.15. The van der Waals surface area contributed by atoms with E-state index in [0.717, 1.165) is 11.1 Å². The summed E-state index contributed by atoms with van der Waals surface area (Å²) in [7, 11) is 0.